The van der Waals surface area contributed by atoms with Crippen LogP contribution in [0.15, 0.2) is 36.5 Å². The van der Waals surface area contributed by atoms with Gasteiger partial charge in [0.05, 0.1) is 66.3 Å². The zero-order valence-electron chi connectivity index (χ0n) is 24.2. The molecule has 0 unspecified atom stereocenters. The maximum absolute atomic E-state index is 13.7. The third kappa shape index (κ3) is 6.47. The fraction of sp³-hybridized carbons (Fsp3) is 0.448. The Balaban J connectivity index is 1.67. The van der Waals surface area contributed by atoms with Gasteiger partial charge in [-0.1, -0.05) is 6.92 Å². The lowest BCUT2D eigenvalue weighted by Gasteiger charge is -2.45. The molecule has 16 heteroatoms. The number of methoxy groups -OCH3 is 1. The van der Waals surface area contributed by atoms with Gasteiger partial charge in [0.2, 0.25) is 5.88 Å². The Morgan fingerprint density at radius 3 is 2.27 bits per heavy atom. The number of carboxylic acid groups (broad SMARTS) is 1. The molecule has 1 aromatic carbocycles. The summed E-state index contributed by atoms with van der Waals surface area (Å²) < 4.78 is 92.6. The molecule has 2 aliphatic rings. The molecule has 242 valence electrons. The van der Waals surface area contributed by atoms with E-state index >= 15 is 0 Å². The highest BCUT2D eigenvalue weighted by atomic mass is 19.4. The summed E-state index contributed by atoms with van der Waals surface area (Å²) >= 11 is 0. The first kappa shape index (κ1) is 32.2. The molecular formula is C29H30F6N6O4. The normalized spacial score (nSPS) is 20.6. The van der Waals surface area contributed by atoms with Crippen LogP contribution in [0.3, 0.4) is 0 Å². The maximum Gasteiger partial charge on any atom is 0.416 e. The molecule has 0 saturated carbocycles. The molecule has 0 spiro atoms. The van der Waals surface area contributed by atoms with Crippen LogP contribution in [0.5, 0.6) is 5.88 Å². The summed E-state index contributed by atoms with van der Waals surface area (Å²) in [6, 6.07) is 4.41. The number of morpholine rings is 1. The Kier molecular flexibility index (Phi) is 8.57. The molecule has 1 fully saturated rings. The van der Waals surface area contributed by atoms with Gasteiger partial charge < -0.3 is 25.2 Å². The summed E-state index contributed by atoms with van der Waals surface area (Å²) in [5.74, 6) is -0.486. The molecule has 3 aromatic rings. The average molecular weight is 641 g/mol. The van der Waals surface area contributed by atoms with Crippen molar-refractivity contribution < 1.29 is 45.7 Å². The molecule has 1 saturated heterocycles. The van der Waals surface area contributed by atoms with Crippen molar-refractivity contribution in [2.45, 2.75) is 50.1 Å². The molecule has 0 aliphatic carbocycles. The summed E-state index contributed by atoms with van der Waals surface area (Å²) in [6.45, 7) is 3.20. The number of aromatic nitrogens is 3. The molecule has 3 N–H and O–H groups in total. The Hall–Kier alpha value is -4.18. The summed E-state index contributed by atoms with van der Waals surface area (Å²) in [5.41, 5.74) is 3.13. The molecule has 10 nitrogen and oxygen atoms in total. The van der Waals surface area contributed by atoms with Crippen molar-refractivity contribution in [3.05, 3.63) is 70.4 Å². The number of carbonyl (C=O) groups is 1. The van der Waals surface area contributed by atoms with Gasteiger partial charge in [0.1, 0.15) is 11.5 Å². The van der Waals surface area contributed by atoms with Gasteiger partial charge in [-0.25, -0.2) is 19.7 Å². The van der Waals surface area contributed by atoms with E-state index < -0.39 is 41.2 Å². The lowest BCUT2D eigenvalue weighted by Crippen LogP contribution is -2.61. The van der Waals surface area contributed by atoms with Gasteiger partial charge in [-0.2, -0.15) is 26.3 Å². The molecule has 2 aromatic heterocycles. The number of hydrogen-bond donors (Lipinski definition) is 2. The van der Waals surface area contributed by atoms with Gasteiger partial charge in [0.25, 0.3) is 0 Å². The van der Waals surface area contributed by atoms with Crippen LogP contribution < -0.4 is 20.3 Å². The molecule has 1 amide bonds. The van der Waals surface area contributed by atoms with Gasteiger partial charge in [-0.15, -0.1) is 0 Å². The zero-order valence-corrected chi connectivity index (χ0v) is 24.2. The van der Waals surface area contributed by atoms with Crippen molar-refractivity contribution in [2.75, 3.05) is 43.2 Å². The number of pyridine rings is 1. The van der Waals surface area contributed by atoms with E-state index in [1.165, 1.54) is 25.4 Å². The lowest BCUT2D eigenvalue weighted by molar-refractivity contribution is -0.143. The monoisotopic (exact) mass is 640 g/mol. The topological polar surface area (TPSA) is 127 Å². The fourth-order valence-electron chi connectivity index (χ4n) is 5.71. The number of alkyl halides is 6. The SMILES string of the molecule is CC[C@]1(N)C[C@H](c2ncc(N3CCOCC3)c(Cc3cc(C(F)(F)F)cc(C(F)(F)F)c3)n2)c2nc(OC)ccc2N1C(=O)O. The summed E-state index contributed by atoms with van der Waals surface area (Å²) in [6.07, 6.45) is -10.1. The molecule has 0 bridgehead atoms. The van der Waals surface area contributed by atoms with Crippen LogP contribution >= 0.6 is 0 Å². The molecule has 0 radical (unpaired) electrons. The van der Waals surface area contributed by atoms with E-state index in [1.54, 1.807) is 6.92 Å². The van der Waals surface area contributed by atoms with Crippen molar-refractivity contribution in [3.63, 3.8) is 0 Å². The van der Waals surface area contributed by atoms with Gasteiger partial charge in [-0.05, 0) is 42.7 Å². The van der Waals surface area contributed by atoms with Crippen LogP contribution in [0.4, 0.5) is 42.5 Å². The Bertz CT molecular complexity index is 1550. The fourth-order valence-corrected chi connectivity index (χ4v) is 5.71. The number of nitrogens with zero attached hydrogens (tertiary/aromatic N) is 5. The van der Waals surface area contributed by atoms with Crippen LogP contribution in [0.25, 0.3) is 0 Å². The van der Waals surface area contributed by atoms with E-state index in [0.717, 1.165) is 4.90 Å². The summed E-state index contributed by atoms with van der Waals surface area (Å²) in [5, 5.41) is 10.1. The van der Waals surface area contributed by atoms with Crippen molar-refractivity contribution in [3.8, 4) is 5.88 Å². The van der Waals surface area contributed by atoms with Gasteiger partial charge >= 0.3 is 18.4 Å². The predicted molar refractivity (Wildman–Crippen MR) is 149 cm³/mol. The minimum absolute atomic E-state index is 0.0128. The van der Waals surface area contributed by atoms with Crippen molar-refractivity contribution in [1.82, 2.24) is 15.0 Å². The number of anilines is 2. The minimum Gasteiger partial charge on any atom is -0.481 e. The van der Waals surface area contributed by atoms with Gasteiger partial charge in [0.15, 0.2) is 0 Å². The van der Waals surface area contributed by atoms with Crippen LogP contribution in [-0.4, -0.2) is 65.2 Å². The highest BCUT2D eigenvalue weighted by molar-refractivity contribution is 5.89. The number of fused-ring (bicyclic) bond motifs is 1. The molecular weight excluding hydrogens is 610 g/mol. The van der Waals surface area contributed by atoms with Gasteiger partial charge in [-0.3, -0.25) is 4.90 Å². The van der Waals surface area contributed by atoms with E-state index in [4.69, 9.17) is 20.2 Å². The number of halogens is 6. The molecule has 2 aliphatic heterocycles. The number of hydrogen-bond acceptors (Lipinski definition) is 8. The van der Waals surface area contributed by atoms with Crippen LogP contribution in [0.2, 0.25) is 0 Å². The number of benzene rings is 1. The second kappa shape index (κ2) is 12.0. The van der Waals surface area contributed by atoms with Crippen LogP contribution in [-0.2, 0) is 23.5 Å². The third-order valence-electron chi connectivity index (χ3n) is 8.01. The highest BCUT2D eigenvalue weighted by Gasteiger charge is 2.47. The zero-order chi connectivity index (χ0) is 32.7. The van der Waals surface area contributed by atoms with E-state index in [2.05, 4.69) is 9.97 Å². The second-order valence-corrected chi connectivity index (χ2v) is 10.8. The predicted octanol–water partition coefficient (Wildman–Crippen LogP) is 5.43. The standard InChI is InChI=1S/C29H30F6N6O4/c1-3-27(36)14-19(24-21(41(27)26(42)43)4-5-23(39-24)44-2)25-37-15-22(40-6-8-45-9-7-40)20(38-25)12-16-10-17(28(30,31)32)13-18(11-16)29(33,34)35/h4-5,10-11,13,15,19H,3,6-9,12,14,36H2,1-2H3,(H,42,43)/t19-,27+/m0/s1. The molecule has 2 atom stereocenters. The number of ether oxygens (including phenoxy) is 2. The van der Waals surface area contributed by atoms with Crippen LogP contribution in [0.1, 0.15) is 59.6 Å². The average Bonchev–Trinajstić information content (AvgIpc) is 2.99. The third-order valence-corrected chi connectivity index (χ3v) is 8.01. The molecule has 4 heterocycles. The van der Waals surface area contributed by atoms with E-state index in [-0.39, 0.29) is 59.7 Å². The van der Waals surface area contributed by atoms with E-state index in [0.29, 0.717) is 44.1 Å². The van der Waals surface area contributed by atoms with E-state index in [9.17, 15) is 36.2 Å². The Labute approximate surface area is 253 Å². The highest BCUT2D eigenvalue weighted by Crippen LogP contribution is 2.45. The number of rotatable bonds is 6. The summed E-state index contributed by atoms with van der Waals surface area (Å²) in [4.78, 5) is 29.0. The Morgan fingerprint density at radius 2 is 1.71 bits per heavy atom. The molecule has 45 heavy (non-hydrogen) atoms. The first-order chi connectivity index (χ1) is 21.1. The van der Waals surface area contributed by atoms with Gasteiger partial charge in [0, 0.05) is 25.6 Å². The minimum atomic E-state index is -5.02. The Morgan fingerprint density at radius 1 is 1.07 bits per heavy atom. The number of amides is 1. The van der Waals surface area contributed by atoms with Crippen molar-refractivity contribution in [1.29, 1.82) is 0 Å². The summed E-state index contributed by atoms with van der Waals surface area (Å²) in [7, 11) is 1.39. The second-order valence-electron chi connectivity index (χ2n) is 10.8. The molecule has 5 rings (SSSR count). The lowest BCUT2D eigenvalue weighted by atomic mass is 9.83. The quantitative estimate of drug-likeness (QED) is 0.339. The van der Waals surface area contributed by atoms with Crippen molar-refractivity contribution >= 4 is 17.5 Å². The smallest absolute Gasteiger partial charge is 0.416 e. The van der Waals surface area contributed by atoms with Crippen molar-refractivity contribution in [2.24, 2.45) is 5.73 Å². The first-order valence-corrected chi connectivity index (χ1v) is 14.0. The van der Waals surface area contributed by atoms with E-state index in [1.807, 2.05) is 4.90 Å². The van der Waals surface area contributed by atoms with Crippen LogP contribution in [0, 0.1) is 0 Å². The largest absolute Gasteiger partial charge is 0.481 e. The first-order valence-electron chi connectivity index (χ1n) is 14.0. The maximum atomic E-state index is 13.7. The number of nitrogens with two attached hydrogens (primary N) is 1.